The van der Waals surface area contributed by atoms with Crippen LogP contribution in [0, 0.1) is 5.95 Å². The maximum atomic E-state index is 12.6. The van der Waals surface area contributed by atoms with Gasteiger partial charge in [-0.05, 0) is 23.9 Å². The van der Waals surface area contributed by atoms with E-state index in [9.17, 15) is 4.39 Å². The molecule has 2 nitrogen and oxygen atoms in total. The Labute approximate surface area is 63.2 Å². The molecule has 1 atom stereocenters. The van der Waals surface area contributed by atoms with E-state index in [1.54, 1.807) is 0 Å². The molecule has 0 saturated heterocycles. The third kappa shape index (κ3) is 1.31. The summed E-state index contributed by atoms with van der Waals surface area (Å²) in [6.45, 7) is 3.99. The summed E-state index contributed by atoms with van der Waals surface area (Å²) in [5.74, 6) is -0.153. The van der Waals surface area contributed by atoms with Crippen molar-refractivity contribution in [3.05, 3.63) is 10.8 Å². The van der Waals surface area contributed by atoms with Crippen molar-refractivity contribution >= 4 is 11.5 Å². The van der Waals surface area contributed by atoms with Crippen molar-refractivity contribution in [2.24, 2.45) is 0 Å². The van der Waals surface area contributed by atoms with Crippen molar-refractivity contribution in [2.45, 2.75) is 26.2 Å². The molecule has 0 radical (unpaired) electrons. The van der Waals surface area contributed by atoms with Gasteiger partial charge >= 0.3 is 0 Å². The van der Waals surface area contributed by atoms with Crippen LogP contribution in [0.5, 0.6) is 0 Å². The molecule has 0 aliphatic carbocycles. The molecule has 0 amide bonds. The van der Waals surface area contributed by atoms with E-state index in [1.807, 2.05) is 13.8 Å². The normalized spacial score (nSPS) is 13.5. The van der Waals surface area contributed by atoms with E-state index in [-0.39, 0.29) is 5.92 Å². The second-order valence-electron chi connectivity index (χ2n) is 2.24. The summed E-state index contributed by atoms with van der Waals surface area (Å²) >= 11 is 1.15. The van der Waals surface area contributed by atoms with Crippen LogP contribution in [0.2, 0.25) is 0 Å². The van der Waals surface area contributed by atoms with E-state index in [1.165, 1.54) is 0 Å². The lowest BCUT2D eigenvalue weighted by Crippen LogP contribution is -1.90. The average Bonchev–Trinajstić information content (AvgIpc) is 2.34. The summed E-state index contributed by atoms with van der Waals surface area (Å²) in [7, 11) is 0. The molecule has 0 bridgehead atoms. The summed E-state index contributed by atoms with van der Waals surface area (Å²) < 4.78 is 16.1. The van der Waals surface area contributed by atoms with Crippen LogP contribution in [-0.2, 0) is 0 Å². The molecule has 1 unspecified atom stereocenters. The molecule has 0 aliphatic rings. The maximum absolute atomic E-state index is 12.6. The molecule has 0 saturated carbocycles. The highest BCUT2D eigenvalue weighted by Gasteiger charge is 2.12. The van der Waals surface area contributed by atoms with Crippen LogP contribution in [0.1, 0.15) is 31.1 Å². The molecular weight excluding hydrogens is 151 g/mol. The number of nitrogens with zero attached hydrogens (tertiary/aromatic N) is 2. The van der Waals surface area contributed by atoms with Crippen molar-refractivity contribution in [3.8, 4) is 0 Å². The van der Waals surface area contributed by atoms with Crippen LogP contribution in [-0.4, -0.2) is 9.59 Å². The number of halogens is 1. The van der Waals surface area contributed by atoms with E-state index in [0.717, 1.165) is 18.0 Å². The van der Waals surface area contributed by atoms with Gasteiger partial charge in [-0.2, -0.15) is 4.39 Å². The van der Waals surface area contributed by atoms with Gasteiger partial charge in [0.25, 0.3) is 0 Å². The first-order chi connectivity index (χ1) is 4.75. The second kappa shape index (κ2) is 3.05. The average molecular weight is 160 g/mol. The predicted octanol–water partition coefficient (Wildman–Crippen LogP) is 2.19. The lowest BCUT2D eigenvalue weighted by molar-refractivity contribution is 0.550. The second-order valence-corrected chi connectivity index (χ2v) is 3.02. The minimum atomic E-state index is -0.403. The van der Waals surface area contributed by atoms with Crippen molar-refractivity contribution in [2.75, 3.05) is 0 Å². The molecule has 1 heterocycles. The Morgan fingerprint density at radius 2 is 2.40 bits per heavy atom. The van der Waals surface area contributed by atoms with Crippen molar-refractivity contribution in [1.29, 1.82) is 0 Å². The Bertz CT molecular complexity index is 211. The molecule has 0 spiro atoms. The first kappa shape index (κ1) is 7.60. The van der Waals surface area contributed by atoms with E-state index in [4.69, 9.17) is 0 Å². The fourth-order valence-corrected chi connectivity index (χ4v) is 1.33. The van der Waals surface area contributed by atoms with Crippen LogP contribution < -0.4 is 0 Å². The van der Waals surface area contributed by atoms with E-state index >= 15 is 0 Å². The van der Waals surface area contributed by atoms with Gasteiger partial charge in [0.05, 0.1) is 4.88 Å². The zero-order chi connectivity index (χ0) is 7.56. The third-order valence-corrected chi connectivity index (χ3v) is 2.46. The number of hydrogen-bond acceptors (Lipinski definition) is 3. The summed E-state index contributed by atoms with van der Waals surface area (Å²) in [4.78, 5) is 0.669. The van der Waals surface area contributed by atoms with Crippen LogP contribution >= 0.6 is 11.5 Å². The lowest BCUT2D eigenvalue weighted by atomic mass is 10.1. The number of hydrogen-bond donors (Lipinski definition) is 0. The Morgan fingerprint density at radius 3 is 2.80 bits per heavy atom. The SMILES string of the molecule is CCC(C)c1snnc1F. The standard InChI is InChI=1S/C6H9FN2S/c1-3-4(2)5-6(7)8-9-10-5/h4H,3H2,1-2H3. The van der Waals surface area contributed by atoms with Gasteiger partial charge in [-0.3, -0.25) is 0 Å². The van der Waals surface area contributed by atoms with Gasteiger partial charge < -0.3 is 0 Å². The number of rotatable bonds is 2. The minimum absolute atomic E-state index is 0.250. The Hall–Kier alpha value is -0.510. The van der Waals surface area contributed by atoms with Gasteiger partial charge in [0.1, 0.15) is 0 Å². The largest absolute Gasteiger partial charge is 0.249 e. The predicted molar refractivity (Wildman–Crippen MR) is 38.6 cm³/mol. The number of aromatic nitrogens is 2. The summed E-state index contributed by atoms with van der Waals surface area (Å²) in [5.41, 5.74) is 0. The molecule has 10 heavy (non-hydrogen) atoms. The highest BCUT2D eigenvalue weighted by Crippen LogP contribution is 2.22. The van der Waals surface area contributed by atoms with Gasteiger partial charge in [0.15, 0.2) is 0 Å². The van der Waals surface area contributed by atoms with Crippen molar-refractivity contribution in [3.63, 3.8) is 0 Å². The Balaban J connectivity index is 2.82. The molecule has 4 heteroatoms. The lowest BCUT2D eigenvalue weighted by Gasteiger charge is -2.01. The molecule has 0 aliphatic heterocycles. The third-order valence-electron chi connectivity index (χ3n) is 1.53. The molecule has 56 valence electrons. The van der Waals surface area contributed by atoms with Crippen LogP contribution in [0.3, 0.4) is 0 Å². The summed E-state index contributed by atoms with van der Waals surface area (Å²) in [6, 6.07) is 0. The highest BCUT2D eigenvalue weighted by atomic mass is 32.1. The van der Waals surface area contributed by atoms with Crippen LogP contribution in [0.25, 0.3) is 0 Å². The zero-order valence-electron chi connectivity index (χ0n) is 5.97. The topological polar surface area (TPSA) is 25.8 Å². The molecule has 0 N–H and O–H groups in total. The van der Waals surface area contributed by atoms with Crippen LogP contribution in [0.15, 0.2) is 0 Å². The molecule has 1 rings (SSSR count). The molecule has 0 aromatic carbocycles. The first-order valence-electron chi connectivity index (χ1n) is 3.23. The van der Waals surface area contributed by atoms with Gasteiger partial charge in [0, 0.05) is 0 Å². The highest BCUT2D eigenvalue weighted by molar-refractivity contribution is 7.05. The van der Waals surface area contributed by atoms with Gasteiger partial charge in [0.2, 0.25) is 5.95 Å². The van der Waals surface area contributed by atoms with E-state index in [0.29, 0.717) is 4.88 Å². The Kier molecular flexibility index (Phi) is 2.32. The summed E-state index contributed by atoms with van der Waals surface area (Å²) in [6.07, 6.45) is 0.931. The fourth-order valence-electron chi connectivity index (χ4n) is 0.666. The minimum Gasteiger partial charge on any atom is -0.182 e. The van der Waals surface area contributed by atoms with Gasteiger partial charge in [-0.1, -0.05) is 18.3 Å². The van der Waals surface area contributed by atoms with Gasteiger partial charge in [-0.25, -0.2) is 0 Å². The van der Waals surface area contributed by atoms with Gasteiger partial charge in [-0.15, -0.1) is 5.10 Å². The van der Waals surface area contributed by atoms with Crippen molar-refractivity contribution in [1.82, 2.24) is 9.59 Å². The quantitative estimate of drug-likeness (QED) is 0.662. The smallest absolute Gasteiger partial charge is 0.182 e. The van der Waals surface area contributed by atoms with Crippen molar-refractivity contribution < 1.29 is 4.39 Å². The zero-order valence-corrected chi connectivity index (χ0v) is 6.78. The molecule has 1 aromatic rings. The van der Waals surface area contributed by atoms with E-state index < -0.39 is 5.95 Å². The molecule has 1 aromatic heterocycles. The fraction of sp³-hybridized carbons (Fsp3) is 0.667. The Morgan fingerprint density at radius 1 is 1.70 bits per heavy atom. The molecule has 0 fully saturated rings. The molecular formula is C6H9FN2S. The maximum Gasteiger partial charge on any atom is 0.249 e. The monoisotopic (exact) mass is 160 g/mol. The van der Waals surface area contributed by atoms with E-state index in [2.05, 4.69) is 9.59 Å². The summed E-state index contributed by atoms with van der Waals surface area (Å²) in [5, 5.41) is 3.29. The first-order valence-corrected chi connectivity index (χ1v) is 4.00. The van der Waals surface area contributed by atoms with Crippen LogP contribution in [0.4, 0.5) is 4.39 Å².